The van der Waals surface area contributed by atoms with E-state index in [1.807, 2.05) is 0 Å². The van der Waals surface area contributed by atoms with Gasteiger partial charge in [0.05, 0.1) is 16.7 Å². The fourth-order valence-electron chi connectivity index (χ4n) is 1.52. The van der Waals surface area contributed by atoms with Gasteiger partial charge in [0.25, 0.3) is 5.91 Å². The van der Waals surface area contributed by atoms with E-state index < -0.39 is 5.91 Å². The largest absolute Gasteiger partial charge is 0.392 e. The molecule has 1 heterocycles. The Morgan fingerprint density at radius 2 is 1.94 bits per heavy atom. The predicted molar refractivity (Wildman–Crippen MR) is 66.3 cm³/mol. The molecule has 1 aromatic heterocycles. The number of nitrogens with one attached hydrogen (secondary N) is 1. The molecule has 1 aromatic carbocycles. The van der Waals surface area contributed by atoms with Gasteiger partial charge in [-0.1, -0.05) is 23.2 Å². The van der Waals surface area contributed by atoms with Gasteiger partial charge in [-0.05, 0) is 17.7 Å². The van der Waals surface area contributed by atoms with Crippen LogP contribution in [0.1, 0.15) is 16.1 Å². The molecule has 4 N–H and O–H groups in total. The van der Waals surface area contributed by atoms with E-state index >= 15 is 0 Å². The lowest BCUT2D eigenvalue weighted by Crippen LogP contribution is -2.13. The summed E-state index contributed by atoms with van der Waals surface area (Å²) in [6.45, 7) is -0.193. The number of carbonyl (C=O) groups excluding carboxylic acids is 1. The molecule has 94 valence electrons. The maximum atomic E-state index is 11.2. The van der Waals surface area contributed by atoms with Gasteiger partial charge in [0, 0.05) is 5.56 Å². The van der Waals surface area contributed by atoms with Gasteiger partial charge in [-0.2, -0.15) is 15.4 Å². The SMILES string of the molecule is NC(=O)c1n[nH]nc1-c1c(Cl)cc(CO)cc1Cl. The van der Waals surface area contributed by atoms with Crippen molar-refractivity contribution in [2.24, 2.45) is 5.73 Å². The number of primary amides is 1. The second-order valence-corrected chi connectivity index (χ2v) is 4.29. The van der Waals surface area contributed by atoms with Crippen LogP contribution in [0.2, 0.25) is 10.0 Å². The van der Waals surface area contributed by atoms with Crippen molar-refractivity contribution in [2.45, 2.75) is 6.61 Å². The number of benzene rings is 1. The smallest absolute Gasteiger partial charge is 0.271 e. The van der Waals surface area contributed by atoms with Crippen molar-refractivity contribution in [1.82, 2.24) is 15.4 Å². The molecule has 0 spiro atoms. The average Bonchev–Trinajstić information content (AvgIpc) is 2.77. The van der Waals surface area contributed by atoms with Crippen LogP contribution in [0.25, 0.3) is 11.3 Å². The minimum Gasteiger partial charge on any atom is -0.392 e. The molecule has 0 aliphatic carbocycles. The molecule has 0 unspecified atom stereocenters. The number of aromatic nitrogens is 3. The van der Waals surface area contributed by atoms with E-state index in [9.17, 15) is 4.79 Å². The summed E-state index contributed by atoms with van der Waals surface area (Å²) < 4.78 is 0. The van der Waals surface area contributed by atoms with Crippen LogP contribution in [0.4, 0.5) is 0 Å². The lowest BCUT2D eigenvalue weighted by Gasteiger charge is -2.07. The number of aromatic amines is 1. The highest BCUT2D eigenvalue weighted by molar-refractivity contribution is 6.39. The third-order valence-electron chi connectivity index (χ3n) is 2.30. The number of nitrogens with two attached hydrogens (primary N) is 1. The second-order valence-electron chi connectivity index (χ2n) is 3.48. The summed E-state index contributed by atoms with van der Waals surface area (Å²) in [6, 6.07) is 3.06. The van der Waals surface area contributed by atoms with Crippen molar-refractivity contribution in [3.8, 4) is 11.3 Å². The van der Waals surface area contributed by atoms with Crippen LogP contribution in [-0.4, -0.2) is 26.4 Å². The Bertz CT molecular complexity index is 589. The van der Waals surface area contributed by atoms with E-state index in [0.29, 0.717) is 11.1 Å². The van der Waals surface area contributed by atoms with Gasteiger partial charge in [0.2, 0.25) is 0 Å². The summed E-state index contributed by atoms with van der Waals surface area (Å²) in [5.74, 6) is -0.739. The van der Waals surface area contributed by atoms with Crippen LogP contribution in [0.3, 0.4) is 0 Å². The standard InChI is InChI=1S/C10H8Cl2N4O2/c11-5-1-4(3-17)2-6(12)7(5)8-9(10(13)18)15-16-14-8/h1-2,17H,3H2,(H2,13,18)(H,14,15,16). The zero-order valence-electron chi connectivity index (χ0n) is 8.94. The monoisotopic (exact) mass is 286 g/mol. The normalized spacial score (nSPS) is 10.6. The number of aliphatic hydroxyl groups excluding tert-OH is 1. The van der Waals surface area contributed by atoms with Crippen LogP contribution >= 0.6 is 23.2 Å². The maximum Gasteiger partial charge on any atom is 0.271 e. The molecule has 0 aliphatic rings. The Morgan fingerprint density at radius 3 is 2.44 bits per heavy atom. The summed E-state index contributed by atoms with van der Waals surface area (Å²) in [5, 5.41) is 19.3. The van der Waals surface area contributed by atoms with Crippen LogP contribution in [0.5, 0.6) is 0 Å². The summed E-state index contributed by atoms with van der Waals surface area (Å²) in [4.78, 5) is 11.2. The van der Waals surface area contributed by atoms with Gasteiger partial charge in [-0.15, -0.1) is 0 Å². The minimum atomic E-state index is -0.739. The molecular formula is C10H8Cl2N4O2. The number of carbonyl (C=O) groups is 1. The van der Waals surface area contributed by atoms with E-state index in [4.69, 9.17) is 34.0 Å². The van der Waals surface area contributed by atoms with Crippen LogP contribution in [0, 0.1) is 0 Å². The molecule has 0 saturated carbocycles. The first kappa shape index (κ1) is 12.8. The molecular weight excluding hydrogens is 279 g/mol. The second kappa shape index (κ2) is 4.93. The number of hydrogen-bond acceptors (Lipinski definition) is 4. The summed E-state index contributed by atoms with van der Waals surface area (Å²) in [5.41, 5.74) is 6.20. The molecule has 2 rings (SSSR count). The topological polar surface area (TPSA) is 105 Å². The third kappa shape index (κ3) is 2.17. The van der Waals surface area contributed by atoms with Gasteiger partial charge in [0.1, 0.15) is 5.69 Å². The molecule has 0 radical (unpaired) electrons. The summed E-state index contributed by atoms with van der Waals surface area (Å²) >= 11 is 12.1. The Hall–Kier alpha value is -1.63. The van der Waals surface area contributed by atoms with Crippen molar-refractivity contribution in [3.05, 3.63) is 33.4 Å². The van der Waals surface area contributed by atoms with Crippen molar-refractivity contribution in [2.75, 3.05) is 0 Å². The minimum absolute atomic E-state index is 0.0458. The van der Waals surface area contributed by atoms with E-state index in [1.54, 1.807) is 0 Å². The highest BCUT2D eigenvalue weighted by atomic mass is 35.5. The van der Waals surface area contributed by atoms with Gasteiger partial charge in [0.15, 0.2) is 5.69 Å². The van der Waals surface area contributed by atoms with Gasteiger partial charge in [-0.3, -0.25) is 4.79 Å². The van der Waals surface area contributed by atoms with Crippen LogP contribution in [-0.2, 0) is 6.61 Å². The molecule has 0 aliphatic heterocycles. The quantitative estimate of drug-likeness (QED) is 0.792. The zero-order valence-corrected chi connectivity index (χ0v) is 10.5. The van der Waals surface area contributed by atoms with Crippen molar-refractivity contribution in [3.63, 3.8) is 0 Å². The number of amides is 1. The predicted octanol–water partition coefficient (Wildman–Crippen LogP) is 1.37. The van der Waals surface area contributed by atoms with E-state index in [1.165, 1.54) is 12.1 Å². The van der Waals surface area contributed by atoms with E-state index in [-0.39, 0.29) is 28.0 Å². The van der Waals surface area contributed by atoms with Crippen molar-refractivity contribution in [1.29, 1.82) is 0 Å². The molecule has 0 fully saturated rings. The molecule has 6 nitrogen and oxygen atoms in total. The zero-order chi connectivity index (χ0) is 13.3. The number of rotatable bonds is 3. The van der Waals surface area contributed by atoms with E-state index in [2.05, 4.69) is 15.4 Å². The highest BCUT2D eigenvalue weighted by Crippen LogP contribution is 2.35. The number of hydrogen-bond donors (Lipinski definition) is 3. The van der Waals surface area contributed by atoms with E-state index in [0.717, 1.165) is 0 Å². The summed E-state index contributed by atoms with van der Waals surface area (Å²) in [6.07, 6.45) is 0. The molecule has 0 saturated heterocycles. The number of nitrogens with zero attached hydrogens (tertiary/aromatic N) is 2. The molecule has 8 heteroatoms. The first-order valence-electron chi connectivity index (χ1n) is 4.84. The third-order valence-corrected chi connectivity index (χ3v) is 2.90. The molecule has 1 amide bonds. The first-order chi connectivity index (χ1) is 8.54. The number of H-pyrrole nitrogens is 1. The molecule has 18 heavy (non-hydrogen) atoms. The Morgan fingerprint density at radius 1 is 1.33 bits per heavy atom. The fraction of sp³-hybridized carbons (Fsp3) is 0.100. The Labute approximate surface area is 112 Å². The summed E-state index contributed by atoms with van der Waals surface area (Å²) in [7, 11) is 0. The average molecular weight is 287 g/mol. The van der Waals surface area contributed by atoms with Crippen molar-refractivity contribution < 1.29 is 9.90 Å². The lowest BCUT2D eigenvalue weighted by molar-refractivity contribution is 0.0996. The highest BCUT2D eigenvalue weighted by Gasteiger charge is 2.20. The lowest BCUT2D eigenvalue weighted by atomic mass is 10.1. The number of halogens is 2. The van der Waals surface area contributed by atoms with Gasteiger partial charge in [-0.25, -0.2) is 0 Å². The molecule has 0 bridgehead atoms. The van der Waals surface area contributed by atoms with Gasteiger partial charge >= 0.3 is 0 Å². The fourth-order valence-corrected chi connectivity index (χ4v) is 2.23. The Kier molecular flexibility index (Phi) is 3.51. The van der Waals surface area contributed by atoms with Gasteiger partial charge < -0.3 is 10.8 Å². The van der Waals surface area contributed by atoms with Crippen LogP contribution < -0.4 is 5.73 Å². The molecule has 0 atom stereocenters. The maximum absolute atomic E-state index is 11.2. The molecule has 2 aromatic rings. The van der Waals surface area contributed by atoms with Crippen molar-refractivity contribution >= 4 is 29.1 Å². The Balaban J connectivity index is 2.64. The number of aliphatic hydroxyl groups is 1. The van der Waals surface area contributed by atoms with Crippen LogP contribution in [0.15, 0.2) is 12.1 Å². The first-order valence-corrected chi connectivity index (χ1v) is 5.60.